The number of pyridine rings is 1. The monoisotopic (exact) mass is 465 g/mol. The van der Waals surface area contributed by atoms with E-state index in [1.807, 2.05) is 42.8 Å². The van der Waals surface area contributed by atoms with Gasteiger partial charge in [0.1, 0.15) is 12.0 Å². The fourth-order valence-electron chi connectivity index (χ4n) is 4.00. The number of aromatic nitrogens is 4. The summed E-state index contributed by atoms with van der Waals surface area (Å²) < 4.78 is 1.87. The maximum atomic E-state index is 13.0. The maximum Gasteiger partial charge on any atom is 0.254 e. The molecular weight excluding hydrogens is 438 g/mol. The second-order valence-corrected chi connectivity index (χ2v) is 9.76. The van der Waals surface area contributed by atoms with Crippen LogP contribution < -0.4 is 0 Å². The number of likely N-dealkylation sites (tertiary alicyclic amines) is 1. The lowest BCUT2D eigenvalue weighted by Crippen LogP contribution is -2.34. The summed E-state index contributed by atoms with van der Waals surface area (Å²) in [7, 11) is 1.91. The highest BCUT2D eigenvalue weighted by atomic mass is 32.2. The largest absolute Gasteiger partial charge is 0.391 e. The highest BCUT2D eigenvalue weighted by Gasteiger charge is 2.32. The Labute approximate surface area is 197 Å². The number of hydrogen-bond donors (Lipinski definition) is 1. The number of aliphatic hydroxyl groups is 1. The molecule has 0 saturated carbocycles. The predicted octanol–water partition coefficient (Wildman–Crippen LogP) is 3.08. The number of β-amino-alcohol motifs (C(OH)–C–C–N with tert-alkyl or cyclic N) is 1. The van der Waals surface area contributed by atoms with Crippen molar-refractivity contribution in [2.75, 3.05) is 6.54 Å². The molecule has 1 amide bonds. The highest BCUT2D eigenvalue weighted by molar-refractivity contribution is 7.99. The molecule has 4 rings (SSSR count). The third-order valence-corrected chi connectivity index (χ3v) is 7.05. The summed E-state index contributed by atoms with van der Waals surface area (Å²) in [5.74, 6) is -0.336. The number of nitrogens with zero attached hydrogens (tertiary/aromatic N) is 5. The first-order valence-electron chi connectivity index (χ1n) is 10.9. The first kappa shape index (κ1) is 23.1. The second-order valence-electron chi connectivity index (χ2n) is 8.46. The van der Waals surface area contributed by atoms with Crippen molar-refractivity contribution in [1.29, 1.82) is 0 Å². The zero-order valence-corrected chi connectivity index (χ0v) is 19.7. The zero-order valence-electron chi connectivity index (χ0n) is 18.9. The van der Waals surface area contributed by atoms with Crippen LogP contribution in [0.4, 0.5) is 0 Å². The van der Waals surface area contributed by atoms with Crippen LogP contribution in [0.15, 0.2) is 54.1 Å². The van der Waals surface area contributed by atoms with Crippen LogP contribution in [0.2, 0.25) is 0 Å². The van der Waals surface area contributed by atoms with E-state index in [0.717, 1.165) is 16.3 Å². The van der Waals surface area contributed by atoms with Crippen LogP contribution in [0.3, 0.4) is 0 Å². The van der Waals surface area contributed by atoms with Gasteiger partial charge in [0.2, 0.25) is 0 Å². The summed E-state index contributed by atoms with van der Waals surface area (Å²) in [6.45, 7) is 4.31. The molecule has 8 nitrogen and oxygen atoms in total. The molecule has 0 radical (unpaired) electrons. The third kappa shape index (κ3) is 5.31. The average Bonchev–Trinajstić information content (AvgIpc) is 3.37. The van der Waals surface area contributed by atoms with Crippen molar-refractivity contribution in [2.45, 2.75) is 49.2 Å². The smallest absolute Gasteiger partial charge is 0.254 e. The molecule has 3 aromatic rings. The van der Waals surface area contributed by atoms with Gasteiger partial charge in [0, 0.05) is 43.1 Å². The van der Waals surface area contributed by atoms with Crippen LogP contribution in [0.25, 0.3) is 0 Å². The van der Waals surface area contributed by atoms with E-state index in [4.69, 9.17) is 0 Å². The van der Waals surface area contributed by atoms with Crippen LogP contribution in [-0.4, -0.2) is 60.1 Å². The van der Waals surface area contributed by atoms with Gasteiger partial charge < -0.3 is 14.6 Å². The number of rotatable bonds is 7. The van der Waals surface area contributed by atoms with Gasteiger partial charge in [0.25, 0.3) is 5.91 Å². The van der Waals surface area contributed by atoms with E-state index in [0.29, 0.717) is 18.5 Å². The summed E-state index contributed by atoms with van der Waals surface area (Å²) in [4.78, 5) is 31.7. The Morgan fingerprint density at radius 3 is 2.79 bits per heavy atom. The van der Waals surface area contributed by atoms with Crippen LogP contribution in [0.1, 0.15) is 57.5 Å². The lowest BCUT2D eigenvalue weighted by atomic mass is 10.0. The molecule has 1 N–H and O–H groups in total. The Hall–Kier alpha value is -3.04. The molecule has 0 spiro atoms. The molecular formula is C24H27N5O3S. The number of hydrogen-bond acceptors (Lipinski definition) is 7. The van der Waals surface area contributed by atoms with Gasteiger partial charge in [-0.3, -0.25) is 14.6 Å². The Balaban J connectivity index is 1.45. The van der Waals surface area contributed by atoms with Crippen LogP contribution in [-0.2, 0) is 13.5 Å². The quantitative estimate of drug-likeness (QED) is 0.423. The van der Waals surface area contributed by atoms with Crippen molar-refractivity contribution in [3.63, 3.8) is 0 Å². The number of amides is 1. The molecule has 33 heavy (non-hydrogen) atoms. The lowest BCUT2D eigenvalue weighted by molar-refractivity contribution is 0.0726. The summed E-state index contributed by atoms with van der Waals surface area (Å²) in [6.07, 6.45) is 3.41. The van der Waals surface area contributed by atoms with E-state index in [9.17, 15) is 14.7 Å². The molecule has 1 aromatic carbocycles. The van der Waals surface area contributed by atoms with Gasteiger partial charge in [-0.2, -0.15) is 0 Å². The summed E-state index contributed by atoms with van der Waals surface area (Å²) in [5, 5.41) is 18.8. The molecule has 2 aromatic heterocycles. The van der Waals surface area contributed by atoms with Gasteiger partial charge in [0.15, 0.2) is 10.9 Å². The molecule has 172 valence electrons. The van der Waals surface area contributed by atoms with Crippen molar-refractivity contribution >= 4 is 23.5 Å². The van der Waals surface area contributed by atoms with E-state index < -0.39 is 6.10 Å². The topological polar surface area (TPSA) is 101 Å². The number of ketones is 1. The minimum atomic E-state index is -0.506. The fourth-order valence-corrected chi connectivity index (χ4v) is 4.91. The number of Topliss-reactive ketones (excluding diaryl/α,β-unsaturated/α-hetero) is 1. The number of benzene rings is 1. The molecule has 9 heteroatoms. The molecule has 0 aliphatic carbocycles. The number of carbonyl (C=O) groups is 2. The maximum absolute atomic E-state index is 13.0. The molecule has 1 saturated heterocycles. The van der Waals surface area contributed by atoms with E-state index in [2.05, 4.69) is 22.1 Å². The average molecular weight is 466 g/mol. The van der Waals surface area contributed by atoms with Crippen LogP contribution >= 0.6 is 11.8 Å². The molecule has 0 unspecified atom stereocenters. The minimum absolute atomic E-state index is 0.0380. The molecule has 1 fully saturated rings. The van der Waals surface area contributed by atoms with Crippen LogP contribution in [0.5, 0.6) is 0 Å². The van der Waals surface area contributed by atoms with Crippen molar-refractivity contribution in [3.8, 4) is 0 Å². The predicted molar refractivity (Wildman–Crippen MR) is 125 cm³/mol. The first-order valence-corrected chi connectivity index (χ1v) is 11.8. The summed E-state index contributed by atoms with van der Waals surface area (Å²) in [5.41, 5.74) is 2.65. The summed E-state index contributed by atoms with van der Waals surface area (Å²) >= 11 is 1.60. The molecule has 1 aliphatic rings. The van der Waals surface area contributed by atoms with Crippen molar-refractivity contribution < 1.29 is 14.7 Å². The molecule has 3 heterocycles. The van der Waals surface area contributed by atoms with Gasteiger partial charge in [0.05, 0.1) is 6.10 Å². The highest BCUT2D eigenvalue weighted by Crippen LogP contribution is 2.33. The first-order chi connectivity index (χ1) is 15.8. The van der Waals surface area contributed by atoms with Crippen molar-refractivity contribution in [1.82, 2.24) is 24.6 Å². The van der Waals surface area contributed by atoms with Crippen LogP contribution in [0, 0.1) is 0 Å². The van der Waals surface area contributed by atoms with E-state index in [-0.39, 0.29) is 35.1 Å². The number of carbonyl (C=O) groups excluding carboxylic acids is 2. The molecule has 3 atom stereocenters. The van der Waals surface area contributed by atoms with Gasteiger partial charge in [-0.1, -0.05) is 36.0 Å². The molecule has 1 aliphatic heterocycles. The Bertz CT molecular complexity index is 1160. The van der Waals surface area contributed by atoms with Gasteiger partial charge in [-0.15, -0.1) is 10.2 Å². The lowest BCUT2D eigenvalue weighted by Gasteiger charge is -2.21. The standard InChI is InChI=1S/C24H27N5O3S/c1-15-9-20(30)13-29(15)23(32)19-7-8-25-21(12-19)22(31)11-17-5-4-6-18(10-17)16(2)33-24-27-26-14-28(24)3/h4-8,10,12,14-16,20,30H,9,11,13H2,1-3H3/t15-,16+,20+/m1/s1. The Morgan fingerprint density at radius 1 is 1.27 bits per heavy atom. The Morgan fingerprint density at radius 2 is 2.09 bits per heavy atom. The minimum Gasteiger partial charge on any atom is -0.391 e. The third-order valence-electron chi connectivity index (χ3n) is 5.84. The SMILES string of the molecule is C[C@H](Sc1nncn1C)c1cccc(CC(=O)c2cc(C(=O)N3C[C@@H](O)C[C@H]3C)ccn2)c1. The number of aliphatic hydroxyl groups excluding tert-OH is 1. The van der Waals surface area contributed by atoms with Crippen molar-refractivity contribution in [2.24, 2.45) is 7.05 Å². The van der Waals surface area contributed by atoms with Gasteiger partial charge in [-0.25, -0.2) is 0 Å². The second kappa shape index (κ2) is 9.84. The number of aryl methyl sites for hydroxylation is 1. The van der Waals surface area contributed by atoms with E-state index in [1.165, 1.54) is 6.20 Å². The normalized spacial score (nSPS) is 19.0. The fraction of sp³-hybridized carbons (Fsp3) is 0.375. The molecule has 0 bridgehead atoms. The van der Waals surface area contributed by atoms with Gasteiger partial charge >= 0.3 is 0 Å². The summed E-state index contributed by atoms with van der Waals surface area (Å²) in [6, 6.07) is 11.0. The number of thioether (sulfide) groups is 1. The van der Waals surface area contributed by atoms with Gasteiger partial charge in [-0.05, 0) is 43.5 Å². The van der Waals surface area contributed by atoms with E-state index >= 15 is 0 Å². The zero-order chi connectivity index (χ0) is 23.5. The van der Waals surface area contributed by atoms with E-state index in [1.54, 1.807) is 35.1 Å². The van der Waals surface area contributed by atoms with Crippen molar-refractivity contribution in [3.05, 3.63) is 71.3 Å². The Kier molecular flexibility index (Phi) is 6.90.